The van der Waals surface area contributed by atoms with E-state index in [1.807, 2.05) is 12.1 Å². The van der Waals surface area contributed by atoms with Crippen LogP contribution < -0.4 is 4.74 Å². The second-order valence-corrected chi connectivity index (χ2v) is 4.00. The van der Waals surface area contributed by atoms with Crippen LogP contribution >= 0.6 is 23.1 Å². The Balaban J connectivity index is 2.39. The zero-order chi connectivity index (χ0) is 10.8. The molecule has 0 aliphatic rings. The number of benzene rings is 1. The monoisotopic (exact) mass is 243 g/mol. The van der Waals surface area contributed by atoms with Gasteiger partial charge in [0.2, 0.25) is 5.88 Å². The number of aliphatic carboxylic acids is 1. The predicted molar refractivity (Wildman–Crippen MR) is 57.8 cm³/mol. The molecule has 0 amide bonds. The first kappa shape index (κ1) is 10.2. The summed E-state index contributed by atoms with van der Waals surface area (Å²) >= 11 is 7.19. The van der Waals surface area contributed by atoms with Crippen LogP contribution in [-0.2, 0) is 4.79 Å². The summed E-state index contributed by atoms with van der Waals surface area (Å²) in [6.07, 6.45) is 0. The van der Waals surface area contributed by atoms with Crippen LogP contribution in [0.4, 0.5) is 0 Å². The molecule has 0 unspecified atom stereocenters. The summed E-state index contributed by atoms with van der Waals surface area (Å²) in [6.45, 7) is -0.413. The van der Waals surface area contributed by atoms with Crippen molar-refractivity contribution in [3.63, 3.8) is 0 Å². The first-order valence-electron chi connectivity index (χ1n) is 4.07. The molecule has 0 fully saturated rings. The predicted octanol–water partition coefficient (Wildman–Crippen LogP) is 2.41. The Hall–Kier alpha value is -1.33. The molecule has 1 heterocycles. The molecule has 1 aromatic carbocycles. The van der Waals surface area contributed by atoms with Crippen LogP contribution in [0.2, 0.25) is 5.02 Å². The summed E-state index contributed by atoms with van der Waals surface area (Å²) in [7, 11) is 0. The highest BCUT2D eigenvalue weighted by Gasteiger charge is 2.11. The molecule has 1 N–H and O–H groups in total. The van der Waals surface area contributed by atoms with E-state index in [0.29, 0.717) is 10.4 Å². The molecule has 0 aliphatic heterocycles. The van der Waals surface area contributed by atoms with E-state index in [1.165, 1.54) is 11.5 Å². The van der Waals surface area contributed by atoms with Crippen molar-refractivity contribution >= 4 is 39.2 Å². The summed E-state index contributed by atoms with van der Waals surface area (Å²) < 4.78 is 9.89. The number of ether oxygens (including phenoxy) is 1. The Labute approximate surface area is 94.2 Å². The van der Waals surface area contributed by atoms with Crippen LogP contribution in [0.5, 0.6) is 5.88 Å². The number of halogens is 1. The molecule has 1 aromatic heterocycles. The lowest BCUT2D eigenvalue weighted by atomic mass is 10.3. The van der Waals surface area contributed by atoms with Crippen LogP contribution in [0.3, 0.4) is 0 Å². The molecule has 2 rings (SSSR count). The summed E-state index contributed by atoms with van der Waals surface area (Å²) in [5, 5.41) is 9.66. The highest BCUT2D eigenvalue weighted by atomic mass is 35.5. The first-order chi connectivity index (χ1) is 7.18. The van der Waals surface area contributed by atoms with Crippen LogP contribution in [0.15, 0.2) is 18.2 Å². The third kappa shape index (κ3) is 2.03. The first-order valence-corrected chi connectivity index (χ1v) is 5.22. The number of aromatic nitrogens is 1. The molecule has 0 atom stereocenters. The molecule has 0 radical (unpaired) electrons. The number of nitrogens with zero attached hydrogens (tertiary/aromatic N) is 1. The lowest BCUT2D eigenvalue weighted by molar-refractivity contribution is -0.139. The minimum Gasteiger partial charge on any atom is -0.479 e. The number of carbonyl (C=O) groups is 1. The average molecular weight is 244 g/mol. The van der Waals surface area contributed by atoms with E-state index >= 15 is 0 Å². The lowest BCUT2D eigenvalue weighted by Crippen LogP contribution is -2.09. The molecule has 2 aromatic rings. The molecule has 6 heteroatoms. The van der Waals surface area contributed by atoms with Gasteiger partial charge in [-0.05, 0) is 23.7 Å². The third-order valence-corrected chi connectivity index (χ3v) is 2.86. The van der Waals surface area contributed by atoms with Gasteiger partial charge in [0.05, 0.1) is 15.1 Å². The van der Waals surface area contributed by atoms with Gasteiger partial charge in [-0.15, -0.1) is 0 Å². The maximum Gasteiger partial charge on any atom is 0.341 e. The molecule has 0 aliphatic carbocycles. The van der Waals surface area contributed by atoms with Crippen LogP contribution in [0.1, 0.15) is 0 Å². The summed E-state index contributed by atoms with van der Waals surface area (Å²) in [4.78, 5) is 10.3. The minimum absolute atomic E-state index is 0.281. The van der Waals surface area contributed by atoms with Crippen molar-refractivity contribution in [3.8, 4) is 5.88 Å². The Morgan fingerprint density at radius 1 is 1.60 bits per heavy atom. The van der Waals surface area contributed by atoms with Crippen molar-refractivity contribution in [2.45, 2.75) is 0 Å². The Morgan fingerprint density at radius 3 is 3.13 bits per heavy atom. The largest absolute Gasteiger partial charge is 0.479 e. The molecule has 0 saturated heterocycles. The van der Waals surface area contributed by atoms with Gasteiger partial charge in [-0.2, -0.15) is 4.37 Å². The molecule has 0 spiro atoms. The fraction of sp³-hybridized carbons (Fsp3) is 0.111. The molecule has 4 nitrogen and oxygen atoms in total. The number of carboxylic acids is 1. The second kappa shape index (κ2) is 4.04. The van der Waals surface area contributed by atoms with Crippen molar-refractivity contribution in [3.05, 3.63) is 23.2 Å². The summed E-state index contributed by atoms with van der Waals surface area (Å²) in [5.74, 6) is -0.758. The van der Waals surface area contributed by atoms with Crippen molar-refractivity contribution in [2.24, 2.45) is 0 Å². The van der Waals surface area contributed by atoms with Crippen LogP contribution in [0.25, 0.3) is 10.1 Å². The van der Waals surface area contributed by atoms with E-state index in [1.54, 1.807) is 6.07 Å². The van der Waals surface area contributed by atoms with Gasteiger partial charge in [0.25, 0.3) is 0 Å². The highest BCUT2D eigenvalue weighted by Crippen LogP contribution is 2.34. The van der Waals surface area contributed by atoms with Gasteiger partial charge in [-0.3, -0.25) is 0 Å². The van der Waals surface area contributed by atoms with Crippen molar-refractivity contribution < 1.29 is 14.6 Å². The van der Waals surface area contributed by atoms with Crippen molar-refractivity contribution in [2.75, 3.05) is 6.61 Å². The topological polar surface area (TPSA) is 59.4 Å². The smallest absolute Gasteiger partial charge is 0.341 e. The Bertz CT molecular complexity index is 511. The van der Waals surface area contributed by atoms with Crippen LogP contribution in [-0.4, -0.2) is 22.1 Å². The summed E-state index contributed by atoms with van der Waals surface area (Å²) in [5.41, 5.74) is 0. The van der Waals surface area contributed by atoms with Gasteiger partial charge < -0.3 is 9.84 Å². The van der Waals surface area contributed by atoms with Gasteiger partial charge in [-0.25, -0.2) is 4.79 Å². The number of hydrogen-bond donors (Lipinski definition) is 1. The highest BCUT2D eigenvalue weighted by molar-refractivity contribution is 7.13. The average Bonchev–Trinajstić information content (AvgIpc) is 2.59. The van der Waals surface area contributed by atoms with E-state index in [-0.39, 0.29) is 5.88 Å². The number of hydrogen-bond acceptors (Lipinski definition) is 4. The maximum absolute atomic E-state index is 10.3. The van der Waals surface area contributed by atoms with Gasteiger partial charge in [0.1, 0.15) is 0 Å². The van der Waals surface area contributed by atoms with E-state index in [0.717, 1.165) is 4.70 Å². The van der Waals surface area contributed by atoms with Gasteiger partial charge in [-0.1, -0.05) is 17.7 Å². The van der Waals surface area contributed by atoms with Gasteiger partial charge in [0, 0.05) is 0 Å². The summed E-state index contributed by atoms with van der Waals surface area (Å²) in [6, 6.07) is 5.38. The Morgan fingerprint density at radius 2 is 2.40 bits per heavy atom. The van der Waals surface area contributed by atoms with Crippen LogP contribution in [0, 0.1) is 0 Å². The van der Waals surface area contributed by atoms with Gasteiger partial charge in [0.15, 0.2) is 6.61 Å². The number of carboxylic acid groups (broad SMARTS) is 1. The minimum atomic E-state index is -1.04. The maximum atomic E-state index is 10.3. The Kier molecular flexibility index (Phi) is 2.75. The second-order valence-electron chi connectivity index (χ2n) is 2.78. The fourth-order valence-corrected chi connectivity index (χ4v) is 2.22. The molecular formula is C9H6ClNO3S. The lowest BCUT2D eigenvalue weighted by Gasteiger charge is -1.99. The van der Waals surface area contributed by atoms with E-state index in [2.05, 4.69) is 4.37 Å². The standard InChI is InChI=1S/C9H6ClNO3S/c10-5-2-1-3-6-8(5)9(11-15-6)14-4-7(12)13/h1-3H,4H2,(H,12,13). The van der Waals surface area contributed by atoms with E-state index in [9.17, 15) is 4.79 Å². The quantitative estimate of drug-likeness (QED) is 0.899. The molecule has 78 valence electrons. The fourth-order valence-electron chi connectivity index (χ4n) is 1.15. The van der Waals surface area contributed by atoms with Gasteiger partial charge >= 0.3 is 5.97 Å². The van der Waals surface area contributed by atoms with E-state index in [4.69, 9.17) is 21.4 Å². The molecular weight excluding hydrogens is 238 g/mol. The normalized spacial score (nSPS) is 10.5. The number of fused-ring (bicyclic) bond motifs is 1. The SMILES string of the molecule is O=C(O)COc1nsc2cccc(Cl)c12. The third-order valence-electron chi connectivity index (χ3n) is 1.75. The van der Waals surface area contributed by atoms with E-state index < -0.39 is 12.6 Å². The molecule has 0 bridgehead atoms. The molecule has 0 saturated carbocycles. The molecule has 15 heavy (non-hydrogen) atoms. The zero-order valence-corrected chi connectivity index (χ0v) is 9.01. The number of rotatable bonds is 3. The van der Waals surface area contributed by atoms with Crippen molar-refractivity contribution in [1.29, 1.82) is 0 Å². The zero-order valence-electron chi connectivity index (χ0n) is 7.44. The van der Waals surface area contributed by atoms with Crippen molar-refractivity contribution in [1.82, 2.24) is 4.37 Å².